The minimum absolute atomic E-state index is 0.0139. The molecule has 1 aliphatic heterocycles. The summed E-state index contributed by atoms with van der Waals surface area (Å²) in [5.74, 6) is 0.179. The fraction of sp³-hybridized carbons (Fsp3) is 0.227. The maximum Gasteiger partial charge on any atom is 0.277 e. The quantitative estimate of drug-likeness (QED) is 0.741. The van der Waals surface area contributed by atoms with Crippen LogP contribution in [-0.2, 0) is 0 Å². The molecule has 29 heavy (non-hydrogen) atoms. The molecule has 2 heterocycles. The Labute approximate surface area is 168 Å². The number of amides is 2. The first-order valence-electron chi connectivity index (χ1n) is 9.51. The van der Waals surface area contributed by atoms with Gasteiger partial charge in [0.15, 0.2) is 11.5 Å². The predicted molar refractivity (Wildman–Crippen MR) is 110 cm³/mol. The van der Waals surface area contributed by atoms with Crippen LogP contribution in [0.3, 0.4) is 0 Å². The third-order valence-electron chi connectivity index (χ3n) is 4.98. The van der Waals surface area contributed by atoms with Crippen molar-refractivity contribution >= 4 is 17.5 Å². The first kappa shape index (κ1) is 18.9. The number of carbonyl (C=O) groups excluding carboxylic acids is 2. The van der Waals surface area contributed by atoms with Gasteiger partial charge in [-0.2, -0.15) is 0 Å². The Morgan fingerprint density at radius 1 is 0.966 bits per heavy atom. The molecule has 0 aliphatic carbocycles. The van der Waals surface area contributed by atoms with Crippen LogP contribution in [0.25, 0.3) is 11.3 Å². The zero-order valence-electron chi connectivity index (χ0n) is 16.2. The van der Waals surface area contributed by atoms with Crippen LogP contribution in [0.5, 0.6) is 0 Å². The molecule has 1 fully saturated rings. The van der Waals surface area contributed by atoms with Gasteiger partial charge < -0.3 is 19.6 Å². The summed E-state index contributed by atoms with van der Waals surface area (Å²) in [6.45, 7) is 3.21. The van der Waals surface area contributed by atoms with Crippen LogP contribution in [0.4, 0.5) is 5.69 Å². The van der Waals surface area contributed by atoms with Gasteiger partial charge in [0.05, 0.1) is 0 Å². The van der Waals surface area contributed by atoms with E-state index in [4.69, 9.17) is 4.52 Å². The Kier molecular flexibility index (Phi) is 5.39. The summed E-state index contributed by atoms with van der Waals surface area (Å²) in [7, 11) is 2.05. The largest absolute Gasteiger partial charge is 0.355 e. The third kappa shape index (κ3) is 4.35. The molecular formula is C22H22N4O3. The number of hydrogen-bond donors (Lipinski definition) is 1. The standard InChI is InChI=1S/C22H22N4O3/c1-25-11-13-26(14-12-25)22(28)17-7-9-18(10-8-17)23-21(27)19-15-20(29-24-19)16-5-3-2-4-6-16/h2-10,15H,11-14H2,1H3,(H,23,27). The van der Waals surface area contributed by atoms with E-state index in [1.165, 1.54) is 0 Å². The summed E-state index contributed by atoms with van der Waals surface area (Å²) < 4.78 is 5.27. The van der Waals surface area contributed by atoms with E-state index < -0.39 is 0 Å². The van der Waals surface area contributed by atoms with Crippen molar-refractivity contribution in [1.29, 1.82) is 0 Å². The highest BCUT2D eigenvalue weighted by molar-refractivity contribution is 6.03. The van der Waals surface area contributed by atoms with Crippen molar-refractivity contribution < 1.29 is 14.1 Å². The Hall–Kier alpha value is -3.45. The van der Waals surface area contributed by atoms with Crippen molar-refractivity contribution in [3.63, 3.8) is 0 Å². The zero-order chi connectivity index (χ0) is 20.2. The molecule has 7 heteroatoms. The first-order valence-corrected chi connectivity index (χ1v) is 9.51. The zero-order valence-corrected chi connectivity index (χ0v) is 16.2. The van der Waals surface area contributed by atoms with Gasteiger partial charge in [0.1, 0.15) is 0 Å². The maximum atomic E-state index is 12.6. The van der Waals surface area contributed by atoms with Gasteiger partial charge >= 0.3 is 0 Å². The summed E-state index contributed by atoms with van der Waals surface area (Å²) in [6, 6.07) is 18.0. The SMILES string of the molecule is CN1CCN(C(=O)c2ccc(NC(=O)c3cc(-c4ccccc4)on3)cc2)CC1. The maximum absolute atomic E-state index is 12.6. The molecule has 0 bridgehead atoms. The molecule has 1 saturated heterocycles. The van der Waals surface area contributed by atoms with Gasteiger partial charge in [0, 0.05) is 49.1 Å². The Balaban J connectivity index is 1.39. The van der Waals surface area contributed by atoms with E-state index in [0.717, 1.165) is 31.7 Å². The Morgan fingerprint density at radius 3 is 2.34 bits per heavy atom. The average molecular weight is 390 g/mol. The number of hydrogen-bond acceptors (Lipinski definition) is 5. The van der Waals surface area contributed by atoms with E-state index in [0.29, 0.717) is 17.0 Å². The number of likely N-dealkylation sites (N-methyl/N-ethyl adjacent to an activating group) is 1. The monoisotopic (exact) mass is 390 g/mol. The molecule has 1 N–H and O–H groups in total. The molecule has 3 aromatic rings. The second-order valence-corrected chi connectivity index (χ2v) is 7.07. The minimum atomic E-state index is -0.367. The summed E-state index contributed by atoms with van der Waals surface area (Å²) in [5.41, 5.74) is 2.25. The van der Waals surface area contributed by atoms with E-state index in [9.17, 15) is 9.59 Å². The molecule has 1 aromatic heterocycles. The lowest BCUT2D eigenvalue weighted by molar-refractivity contribution is 0.0664. The molecule has 0 saturated carbocycles. The lowest BCUT2D eigenvalue weighted by Crippen LogP contribution is -2.47. The average Bonchev–Trinajstić information content (AvgIpc) is 3.26. The molecule has 0 atom stereocenters. The number of carbonyl (C=O) groups is 2. The molecule has 1 aliphatic rings. The van der Waals surface area contributed by atoms with Crippen LogP contribution in [-0.4, -0.2) is 60.0 Å². The van der Waals surface area contributed by atoms with Gasteiger partial charge in [-0.3, -0.25) is 9.59 Å². The molecule has 0 unspecified atom stereocenters. The first-order chi connectivity index (χ1) is 14.1. The topological polar surface area (TPSA) is 78.7 Å². The normalized spacial score (nSPS) is 14.6. The van der Waals surface area contributed by atoms with Crippen LogP contribution < -0.4 is 5.32 Å². The highest BCUT2D eigenvalue weighted by Crippen LogP contribution is 2.20. The van der Waals surface area contributed by atoms with Crippen molar-refractivity contribution in [3.8, 4) is 11.3 Å². The molecule has 2 aromatic carbocycles. The fourth-order valence-electron chi connectivity index (χ4n) is 3.20. The molecule has 4 rings (SSSR count). The summed E-state index contributed by atoms with van der Waals surface area (Å²) >= 11 is 0. The number of anilines is 1. The second-order valence-electron chi connectivity index (χ2n) is 7.07. The molecule has 7 nitrogen and oxygen atoms in total. The summed E-state index contributed by atoms with van der Waals surface area (Å²) in [4.78, 5) is 29.1. The highest BCUT2D eigenvalue weighted by Gasteiger charge is 2.20. The van der Waals surface area contributed by atoms with Crippen molar-refractivity contribution in [2.45, 2.75) is 0 Å². The smallest absolute Gasteiger partial charge is 0.277 e. The Bertz CT molecular complexity index is 990. The van der Waals surface area contributed by atoms with Crippen molar-refractivity contribution in [2.75, 3.05) is 38.5 Å². The molecule has 0 radical (unpaired) electrons. The predicted octanol–water partition coefficient (Wildman–Crippen LogP) is 2.98. The van der Waals surface area contributed by atoms with Crippen LogP contribution in [0.15, 0.2) is 65.2 Å². The van der Waals surface area contributed by atoms with E-state index in [1.807, 2.05) is 35.2 Å². The number of nitrogens with zero attached hydrogens (tertiary/aromatic N) is 3. The number of nitrogens with one attached hydrogen (secondary N) is 1. The van der Waals surface area contributed by atoms with Crippen molar-refractivity contribution in [2.24, 2.45) is 0 Å². The van der Waals surface area contributed by atoms with Gasteiger partial charge in [-0.1, -0.05) is 35.5 Å². The van der Waals surface area contributed by atoms with Crippen LogP contribution in [0.1, 0.15) is 20.8 Å². The van der Waals surface area contributed by atoms with Gasteiger partial charge in [-0.25, -0.2) is 0 Å². The van der Waals surface area contributed by atoms with Gasteiger partial charge in [-0.05, 0) is 31.3 Å². The van der Waals surface area contributed by atoms with Crippen molar-refractivity contribution in [3.05, 3.63) is 71.9 Å². The Morgan fingerprint density at radius 2 is 1.66 bits per heavy atom. The van der Waals surface area contributed by atoms with Crippen LogP contribution in [0, 0.1) is 0 Å². The second kappa shape index (κ2) is 8.28. The number of aromatic nitrogens is 1. The van der Waals surface area contributed by atoms with Crippen LogP contribution in [0.2, 0.25) is 0 Å². The van der Waals surface area contributed by atoms with E-state index in [2.05, 4.69) is 22.4 Å². The number of rotatable bonds is 4. The van der Waals surface area contributed by atoms with E-state index in [1.54, 1.807) is 30.3 Å². The van der Waals surface area contributed by atoms with Gasteiger partial charge in [0.25, 0.3) is 11.8 Å². The van der Waals surface area contributed by atoms with Crippen molar-refractivity contribution in [1.82, 2.24) is 15.0 Å². The lowest BCUT2D eigenvalue weighted by Gasteiger charge is -2.32. The van der Waals surface area contributed by atoms with Gasteiger partial charge in [-0.15, -0.1) is 0 Å². The number of benzene rings is 2. The molecular weight excluding hydrogens is 368 g/mol. The van der Waals surface area contributed by atoms with Gasteiger partial charge in [0.2, 0.25) is 0 Å². The van der Waals surface area contributed by atoms with E-state index >= 15 is 0 Å². The summed E-state index contributed by atoms with van der Waals surface area (Å²) in [5, 5.41) is 6.63. The van der Waals surface area contributed by atoms with E-state index in [-0.39, 0.29) is 17.5 Å². The van der Waals surface area contributed by atoms with Crippen LogP contribution >= 0.6 is 0 Å². The molecule has 148 valence electrons. The fourth-order valence-corrected chi connectivity index (χ4v) is 3.20. The molecule has 0 spiro atoms. The third-order valence-corrected chi connectivity index (χ3v) is 4.98. The minimum Gasteiger partial charge on any atom is -0.355 e. The summed E-state index contributed by atoms with van der Waals surface area (Å²) in [6.07, 6.45) is 0. The lowest BCUT2D eigenvalue weighted by atomic mass is 10.1. The number of piperazine rings is 1. The molecule has 2 amide bonds. The highest BCUT2D eigenvalue weighted by atomic mass is 16.5.